The largest absolute Gasteiger partial charge is 0.380 e. The second-order valence-corrected chi connectivity index (χ2v) is 6.69. The molecule has 2 nitrogen and oxygen atoms in total. The molecule has 1 atom stereocenters. The Labute approximate surface area is 126 Å². The quantitative estimate of drug-likeness (QED) is 0.814. The fraction of sp³-hybridized carbons (Fsp3) is 0.333. The van der Waals surface area contributed by atoms with Gasteiger partial charge in [0.15, 0.2) is 0 Å². The molecule has 19 heavy (non-hydrogen) atoms. The molecule has 0 saturated carbocycles. The highest BCUT2D eigenvalue weighted by Crippen LogP contribution is 2.30. The third-order valence-electron chi connectivity index (χ3n) is 2.97. The number of nitrogens with one attached hydrogen (secondary N) is 1. The van der Waals surface area contributed by atoms with Gasteiger partial charge < -0.3 is 10.1 Å². The normalized spacial score (nSPS) is 12.4. The predicted molar refractivity (Wildman–Crippen MR) is 85.9 cm³/mol. The summed E-state index contributed by atoms with van der Waals surface area (Å²) in [6.07, 6.45) is 0. The fourth-order valence-electron chi connectivity index (χ4n) is 1.98. The average molecular weight is 340 g/mol. The molecule has 0 spiro atoms. The molecule has 1 N–H and O–H groups in total. The molecule has 0 aliphatic heterocycles. The molecular formula is C15H18BrNOS. The first kappa shape index (κ1) is 14.6. The van der Waals surface area contributed by atoms with Crippen molar-refractivity contribution in [2.75, 3.05) is 12.4 Å². The third-order valence-corrected chi connectivity index (χ3v) is 4.89. The van der Waals surface area contributed by atoms with Crippen molar-refractivity contribution < 1.29 is 4.74 Å². The number of hydrogen-bond donors (Lipinski definition) is 1. The molecule has 0 bridgehead atoms. The number of methoxy groups -OCH3 is 1. The summed E-state index contributed by atoms with van der Waals surface area (Å²) in [5.41, 5.74) is 2.28. The number of halogens is 1. The second-order valence-electron chi connectivity index (χ2n) is 4.51. The molecule has 1 heterocycles. The Bertz CT molecular complexity index is 553. The Hall–Kier alpha value is -0.840. The van der Waals surface area contributed by atoms with Crippen LogP contribution in [0.1, 0.15) is 28.3 Å². The number of rotatable bonds is 5. The van der Waals surface area contributed by atoms with Crippen molar-refractivity contribution in [1.82, 2.24) is 0 Å². The second kappa shape index (κ2) is 6.55. The first-order chi connectivity index (χ1) is 9.11. The third kappa shape index (κ3) is 3.59. The van der Waals surface area contributed by atoms with Gasteiger partial charge in [-0.25, -0.2) is 0 Å². The van der Waals surface area contributed by atoms with Gasteiger partial charge >= 0.3 is 0 Å². The van der Waals surface area contributed by atoms with E-state index in [1.807, 2.05) is 23.5 Å². The molecule has 1 unspecified atom stereocenters. The number of thiophene rings is 1. The first-order valence-corrected chi connectivity index (χ1v) is 7.82. The lowest BCUT2D eigenvalue weighted by Crippen LogP contribution is -2.07. The number of anilines is 1. The van der Waals surface area contributed by atoms with Gasteiger partial charge in [0.25, 0.3) is 0 Å². The number of benzene rings is 1. The van der Waals surface area contributed by atoms with E-state index in [1.54, 1.807) is 7.11 Å². The summed E-state index contributed by atoms with van der Waals surface area (Å²) in [5.74, 6) is 0. The van der Waals surface area contributed by atoms with Crippen molar-refractivity contribution in [3.05, 3.63) is 50.1 Å². The molecule has 0 amide bonds. The van der Waals surface area contributed by atoms with Gasteiger partial charge in [-0.1, -0.05) is 22.0 Å². The fourth-order valence-corrected chi connectivity index (χ4v) is 3.34. The van der Waals surface area contributed by atoms with Crippen LogP contribution in [0.25, 0.3) is 0 Å². The van der Waals surface area contributed by atoms with E-state index in [1.165, 1.54) is 9.75 Å². The Morgan fingerprint density at radius 3 is 2.74 bits per heavy atom. The van der Waals surface area contributed by atoms with E-state index >= 15 is 0 Å². The van der Waals surface area contributed by atoms with Gasteiger partial charge in [0.2, 0.25) is 0 Å². The molecule has 0 fully saturated rings. The zero-order valence-corrected chi connectivity index (χ0v) is 13.8. The molecule has 102 valence electrons. The molecule has 0 aliphatic carbocycles. The Morgan fingerprint density at radius 1 is 1.32 bits per heavy atom. The van der Waals surface area contributed by atoms with Crippen LogP contribution in [0.3, 0.4) is 0 Å². The highest BCUT2D eigenvalue weighted by atomic mass is 79.9. The topological polar surface area (TPSA) is 21.3 Å². The number of aryl methyl sites for hydroxylation is 1. The minimum atomic E-state index is 0.295. The van der Waals surface area contributed by atoms with E-state index in [-0.39, 0.29) is 0 Å². The summed E-state index contributed by atoms with van der Waals surface area (Å²) in [6, 6.07) is 10.8. The van der Waals surface area contributed by atoms with Gasteiger partial charge in [-0.15, -0.1) is 11.3 Å². The Morgan fingerprint density at radius 2 is 2.11 bits per heavy atom. The summed E-state index contributed by atoms with van der Waals surface area (Å²) >= 11 is 5.41. The zero-order valence-electron chi connectivity index (χ0n) is 11.4. The summed E-state index contributed by atoms with van der Waals surface area (Å²) < 4.78 is 6.35. The van der Waals surface area contributed by atoms with Crippen LogP contribution >= 0.6 is 27.3 Å². The predicted octanol–water partition coefficient (Wildman–Crippen LogP) is 5.14. The van der Waals surface area contributed by atoms with E-state index in [0.717, 1.165) is 15.7 Å². The van der Waals surface area contributed by atoms with E-state index in [2.05, 4.69) is 53.3 Å². The van der Waals surface area contributed by atoms with Crippen LogP contribution in [-0.2, 0) is 11.3 Å². The van der Waals surface area contributed by atoms with Crippen LogP contribution in [0.4, 0.5) is 5.69 Å². The maximum absolute atomic E-state index is 5.27. The van der Waals surface area contributed by atoms with Crippen LogP contribution in [0, 0.1) is 6.92 Å². The van der Waals surface area contributed by atoms with Gasteiger partial charge in [0, 0.05) is 32.6 Å². The van der Waals surface area contributed by atoms with Crippen molar-refractivity contribution >= 4 is 33.0 Å². The van der Waals surface area contributed by atoms with Crippen molar-refractivity contribution in [3.63, 3.8) is 0 Å². The minimum absolute atomic E-state index is 0.295. The summed E-state index contributed by atoms with van der Waals surface area (Å²) in [6.45, 7) is 4.92. The summed E-state index contributed by atoms with van der Waals surface area (Å²) in [4.78, 5) is 2.69. The van der Waals surface area contributed by atoms with E-state index in [4.69, 9.17) is 4.74 Å². The first-order valence-electron chi connectivity index (χ1n) is 6.21. The lowest BCUT2D eigenvalue weighted by atomic mass is 10.1. The van der Waals surface area contributed by atoms with E-state index < -0.39 is 0 Å². The standard InChI is InChI=1S/C15H18BrNOS/c1-10-7-8-15(19-10)11(2)17-14-6-4-5-13(16)12(14)9-18-3/h4-8,11,17H,9H2,1-3H3. The Kier molecular flexibility index (Phi) is 5.02. The minimum Gasteiger partial charge on any atom is -0.380 e. The van der Waals surface area contributed by atoms with Gasteiger partial charge in [-0.3, -0.25) is 0 Å². The lowest BCUT2D eigenvalue weighted by Gasteiger charge is -2.18. The van der Waals surface area contributed by atoms with Crippen LogP contribution in [-0.4, -0.2) is 7.11 Å². The van der Waals surface area contributed by atoms with Crippen LogP contribution < -0.4 is 5.32 Å². The van der Waals surface area contributed by atoms with Crippen molar-refractivity contribution in [2.24, 2.45) is 0 Å². The molecular weight excluding hydrogens is 322 g/mol. The molecule has 2 rings (SSSR count). The maximum Gasteiger partial charge on any atom is 0.0744 e. The Balaban J connectivity index is 2.21. The van der Waals surface area contributed by atoms with Gasteiger partial charge in [0.1, 0.15) is 0 Å². The van der Waals surface area contributed by atoms with Crippen molar-refractivity contribution in [1.29, 1.82) is 0 Å². The average Bonchev–Trinajstić information content (AvgIpc) is 2.80. The van der Waals surface area contributed by atoms with Gasteiger partial charge in [-0.05, 0) is 38.1 Å². The summed E-state index contributed by atoms with van der Waals surface area (Å²) in [7, 11) is 1.72. The molecule has 0 radical (unpaired) electrons. The van der Waals surface area contributed by atoms with Crippen LogP contribution in [0.15, 0.2) is 34.8 Å². The van der Waals surface area contributed by atoms with E-state index in [9.17, 15) is 0 Å². The highest BCUT2D eigenvalue weighted by Gasteiger charge is 2.11. The zero-order chi connectivity index (χ0) is 13.8. The highest BCUT2D eigenvalue weighted by molar-refractivity contribution is 9.10. The molecule has 1 aromatic carbocycles. The molecule has 0 saturated heterocycles. The molecule has 4 heteroatoms. The lowest BCUT2D eigenvalue weighted by molar-refractivity contribution is 0.185. The monoisotopic (exact) mass is 339 g/mol. The SMILES string of the molecule is COCc1c(Br)cccc1NC(C)c1ccc(C)s1. The molecule has 0 aliphatic rings. The van der Waals surface area contributed by atoms with Crippen LogP contribution in [0.2, 0.25) is 0 Å². The number of hydrogen-bond acceptors (Lipinski definition) is 3. The molecule has 1 aromatic heterocycles. The molecule has 2 aromatic rings. The van der Waals surface area contributed by atoms with E-state index in [0.29, 0.717) is 12.6 Å². The smallest absolute Gasteiger partial charge is 0.0744 e. The maximum atomic E-state index is 5.27. The van der Waals surface area contributed by atoms with Gasteiger partial charge in [-0.2, -0.15) is 0 Å². The van der Waals surface area contributed by atoms with Crippen molar-refractivity contribution in [2.45, 2.75) is 26.5 Å². The van der Waals surface area contributed by atoms with Crippen LogP contribution in [0.5, 0.6) is 0 Å². The summed E-state index contributed by atoms with van der Waals surface area (Å²) in [5, 5.41) is 3.57. The number of ether oxygens (including phenoxy) is 1. The van der Waals surface area contributed by atoms with Crippen molar-refractivity contribution in [3.8, 4) is 0 Å². The van der Waals surface area contributed by atoms with Gasteiger partial charge in [0.05, 0.1) is 12.6 Å².